The lowest BCUT2D eigenvalue weighted by Gasteiger charge is -2.48. The summed E-state index contributed by atoms with van der Waals surface area (Å²) in [6, 6.07) is 0.738. The normalized spacial score (nSPS) is 25.8. The van der Waals surface area contributed by atoms with E-state index in [-0.39, 0.29) is 0 Å². The molecule has 0 N–H and O–H groups in total. The third-order valence-corrected chi connectivity index (χ3v) is 4.47. The van der Waals surface area contributed by atoms with Gasteiger partial charge in [0.15, 0.2) is 0 Å². The molecule has 0 atom stereocenters. The molecule has 2 rings (SSSR count). The van der Waals surface area contributed by atoms with Gasteiger partial charge in [0.2, 0.25) is 0 Å². The number of hydrogen-bond acceptors (Lipinski definition) is 2. The van der Waals surface area contributed by atoms with Gasteiger partial charge in [-0.05, 0) is 71.6 Å². The predicted molar refractivity (Wildman–Crippen MR) is 76.5 cm³/mol. The van der Waals surface area contributed by atoms with Crippen LogP contribution in [0.3, 0.4) is 0 Å². The highest BCUT2D eigenvalue weighted by atomic mass is 15.2. The van der Waals surface area contributed by atoms with Crippen molar-refractivity contribution in [2.24, 2.45) is 5.41 Å². The van der Waals surface area contributed by atoms with E-state index in [1.807, 2.05) is 13.8 Å². The van der Waals surface area contributed by atoms with Crippen molar-refractivity contribution in [1.29, 1.82) is 0 Å². The summed E-state index contributed by atoms with van der Waals surface area (Å²) in [7, 11) is 2.26. The average Bonchev–Trinajstić information content (AvgIpc) is 2.36. The number of piperidine rings is 2. The molecule has 102 valence electrons. The highest BCUT2D eigenvalue weighted by molar-refractivity contribution is 4.91. The Bertz CT molecular complexity index is 205. The number of likely N-dealkylation sites (tertiary alicyclic amines) is 2. The van der Waals surface area contributed by atoms with Crippen molar-refractivity contribution < 1.29 is 0 Å². The monoisotopic (exact) mass is 240 g/mol. The molecule has 17 heavy (non-hydrogen) atoms. The van der Waals surface area contributed by atoms with Gasteiger partial charge in [0.1, 0.15) is 0 Å². The summed E-state index contributed by atoms with van der Waals surface area (Å²) >= 11 is 0. The van der Waals surface area contributed by atoms with Crippen LogP contribution in [0.5, 0.6) is 0 Å². The molecule has 2 heterocycles. The van der Waals surface area contributed by atoms with Crippen molar-refractivity contribution in [1.82, 2.24) is 9.80 Å². The third-order valence-electron chi connectivity index (χ3n) is 4.47. The molecule has 0 amide bonds. The number of hydrogen-bond donors (Lipinski definition) is 0. The maximum Gasteiger partial charge on any atom is 0.00416 e. The van der Waals surface area contributed by atoms with Crippen molar-refractivity contribution in [2.45, 2.75) is 59.4 Å². The third kappa shape index (κ3) is 3.96. The summed E-state index contributed by atoms with van der Waals surface area (Å²) in [5.41, 5.74) is 0.676. The summed E-state index contributed by atoms with van der Waals surface area (Å²) < 4.78 is 0. The van der Waals surface area contributed by atoms with Gasteiger partial charge in [0, 0.05) is 12.6 Å². The van der Waals surface area contributed by atoms with Crippen LogP contribution in [0.15, 0.2) is 0 Å². The Morgan fingerprint density at radius 3 is 2.06 bits per heavy atom. The average molecular weight is 240 g/mol. The van der Waals surface area contributed by atoms with Crippen molar-refractivity contribution in [3.63, 3.8) is 0 Å². The minimum absolute atomic E-state index is 0.676. The molecule has 2 heteroatoms. The lowest BCUT2D eigenvalue weighted by Crippen LogP contribution is -2.50. The van der Waals surface area contributed by atoms with Crippen LogP contribution < -0.4 is 0 Å². The Hall–Kier alpha value is -0.0800. The van der Waals surface area contributed by atoms with Gasteiger partial charge < -0.3 is 9.80 Å². The Morgan fingerprint density at radius 2 is 1.53 bits per heavy atom. The van der Waals surface area contributed by atoms with Crippen LogP contribution in [-0.4, -0.2) is 49.1 Å². The number of nitrogens with zero attached hydrogens (tertiary/aromatic N) is 2. The molecule has 1 spiro atoms. The molecular weight excluding hydrogens is 208 g/mol. The standard InChI is InChI=1S/C13H26N2.C2H6/c1-12(2)15-8-4-5-13(11-15)6-9-14(3)10-7-13;1-2/h12H,4-11H2,1-3H3;1-2H3. The van der Waals surface area contributed by atoms with Crippen LogP contribution in [0, 0.1) is 5.41 Å². The fourth-order valence-corrected chi connectivity index (χ4v) is 3.19. The second-order valence-corrected chi connectivity index (χ2v) is 5.97. The zero-order valence-corrected chi connectivity index (χ0v) is 12.6. The van der Waals surface area contributed by atoms with Crippen LogP contribution in [0.1, 0.15) is 53.4 Å². The van der Waals surface area contributed by atoms with Crippen molar-refractivity contribution in [3.8, 4) is 0 Å². The van der Waals surface area contributed by atoms with Gasteiger partial charge in [-0.1, -0.05) is 13.8 Å². The quantitative estimate of drug-likeness (QED) is 0.694. The summed E-state index contributed by atoms with van der Waals surface area (Å²) in [5.74, 6) is 0. The second kappa shape index (κ2) is 6.75. The minimum atomic E-state index is 0.676. The molecule has 0 aromatic rings. The van der Waals surface area contributed by atoms with Gasteiger partial charge in [-0.2, -0.15) is 0 Å². The summed E-state index contributed by atoms with van der Waals surface area (Å²) in [4.78, 5) is 5.17. The molecule has 2 fully saturated rings. The molecule has 0 bridgehead atoms. The lowest BCUT2D eigenvalue weighted by atomic mass is 9.72. The van der Waals surface area contributed by atoms with E-state index >= 15 is 0 Å². The van der Waals surface area contributed by atoms with E-state index in [1.165, 1.54) is 51.9 Å². The van der Waals surface area contributed by atoms with Gasteiger partial charge in [-0.15, -0.1) is 0 Å². The Morgan fingerprint density at radius 1 is 0.941 bits per heavy atom. The van der Waals surface area contributed by atoms with E-state index < -0.39 is 0 Å². The molecule has 2 saturated heterocycles. The predicted octanol–water partition coefficient (Wildman–Crippen LogP) is 3.23. The van der Waals surface area contributed by atoms with Crippen LogP contribution >= 0.6 is 0 Å². The lowest BCUT2D eigenvalue weighted by molar-refractivity contribution is 0.0178. The van der Waals surface area contributed by atoms with Gasteiger partial charge in [-0.25, -0.2) is 0 Å². The first-order valence-electron chi connectivity index (χ1n) is 7.54. The second-order valence-electron chi connectivity index (χ2n) is 5.97. The molecule has 0 unspecified atom stereocenters. The Labute approximate surface area is 108 Å². The first-order chi connectivity index (χ1) is 8.11. The van der Waals surface area contributed by atoms with Gasteiger partial charge in [0.05, 0.1) is 0 Å². The molecule has 0 aliphatic carbocycles. The van der Waals surface area contributed by atoms with Gasteiger partial charge in [-0.3, -0.25) is 0 Å². The maximum absolute atomic E-state index is 2.69. The van der Waals surface area contributed by atoms with Gasteiger partial charge in [0.25, 0.3) is 0 Å². The molecule has 2 aliphatic rings. The van der Waals surface area contributed by atoms with E-state index in [9.17, 15) is 0 Å². The molecular formula is C15H32N2. The Balaban J connectivity index is 0.000000686. The molecule has 0 saturated carbocycles. The minimum Gasteiger partial charge on any atom is -0.306 e. The number of rotatable bonds is 1. The Kier molecular flexibility index (Phi) is 5.94. The van der Waals surface area contributed by atoms with Crippen LogP contribution in [0.2, 0.25) is 0 Å². The topological polar surface area (TPSA) is 6.48 Å². The first kappa shape index (κ1) is 15.0. The summed E-state index contributed by atoms with van der Waals surface area (Å²) in [6.45, 7) is 14.0. The fourth-order valence-electron chi connectivity index (χ4n) is 3.19. The van der Waals surface area contributed by atoms with E-state index in [0.717, 1.165) is 6.04 Å². The van der Waals surface area contributed by atoms with Crippen LogP contribution in [0.25, 0.3) is 0 Å². The summed E-state index contributed by atoms with van der Waals surface area (Å²) in [6.07, 6.45) is 5.74. The van der Waals surface area contributed by atoms with E-state index in [2.05, 4.69) is 30.7 Å². The summed E-state index contributed by atoms with van der Waals surface area (Å²) in [5, 5.41) is 0. The highest BCUT2D eigenvalue weighted by Crippen LogP contribution is 2.39. The molecule has 0 radical (unpaired) electrons. The van der Waals surface area contributed by atoms with Gasteiger partial charge >= 0.3 is 0 Å². The zero-order chi connectivity index (χ0) is 12.9. The molecule has 2 aliphatic heterocycles. The van der Waals surface area contributed by atoms with Crippen molar-refractivity contribution in [2.75, 3.05) is 33.2 Å². The van der Waals surface area contributed by atoms with E-state index in [1.54, 1.807) is 0 Å². The maximum atomic E-state index is 2.69. The highest BCUT2D eigenvalue weighted by Gasteiger charge is 2.37. The molecule has 0 aromatic carbocycles. The SMILES string of the molecule is CC.CC(C)N1CCCC2(CCN(C)CC2)C1. The molecule has 0 aromatic heterocycles. The van der Waals surface area contributed by atoms with Crippen LogP contribution in [0.4, 0.5) is 0 Å². The first-order valence-corrected chi connectivity index (χ1v) is 7.54. The van der Waals surface area contributed by atoms with E-state index in [4.69, 9.17) is 0 Å². The van der Waals surface area contributed by atoms with Crippen molar-refractivity contribution >= 4 is 0 Å². The van der Waals surface area contributed by atoms with Crippen molar-refractivity contribution in [3.05, 3.63) is 0 Å². The molecule has 2 nitrogen and oxygen atoms in total. The largest absolute Gasteiger partial charge is 0.306 e. The fraction of sp³-hybridized carbons (Fsp3) is 1.00. The van der Waals surface area contributed by atoms with E-state index in [0.29, 0.717) is 5.41 Å². The smallest absolute Gasteiger partial charge is 0.00416 e. The van der Waals surface area contributed by atoms with Crippen LogP contribution in [-0.2, 0) is 0 Å². The zero-order valence-electron chi connectivity index (χ0n) is 12.6.